The Hall–Kier alpha value is -2.13. The highest BCUT2D eigenvalue weighted by molar-refractivity contribution is 9.10. The monoisotopic (exact) mass is 323 g/mol. The second kappa shape index (κ2) is 4.46. The van der Waals surface area contributed by atoms with E-state index < -0.39 is 0 Å². The minimum Gasteiger partial charge on any atom is -0.435 e. The summed E-state index contributed by atoms with van der Waals surface area (Å²) in [6.45, 7) is 0. The summed E-state index contributed by atoms with van der Waals surface area (Å²) in [6, 6.07) is 20.1. The van der Waals surface area contributed by atoms with Crippen molar-refractivity contribution in [2.24, 2.45) is 0 Å². The third-order valence-corrected chi connectivity index (χ3v) is 4.02. The van der Waals surface area contributed by atoms with Crippen molar-refractivity contribution in [1.82, 2.24) is 4.98 Å². The van der Waals surface area contributed by atoms with Gasteiger partial charge < -0.3 is 4.42 Å². The van der Waals surface area contributed by atoms with E-state index in [9.17, 15) is 0 Å². The van der Waals surface area contributed by atoms with E-state index in [1.165, 1.54) is 0 Å². The van der Waals surface area contributed by atoms with Gasteiger partial charge in [-0.15, -0.1) is 0 Å². The molecule has 4 rings (SSSR count). The average Bonchev–Trinajstić information content (AvgIpc) is 2.93. The predicted octanol–water partition coefficient (Wildman–Crippen LogP) is 5.41. The Kier molecular flexibility index (Phi) is 2.60. The molecule has 0 radical (unpaired) electrons. The number of aromatic nitrogens is 1. The van der Waals surface area contributed by atoms with Crippen LogP contribution in [0.1, 0.15) is 0 Å². The molecule has 2 nitrogen and oxygen atoms in total. The molecule has 0 bridgehead atoms. The van der Waals surface area contributed by atoms with Gasteiger partial charge in [-0.1, -0.05) is 58.4 Å². The van der Waals surface area contributed by atoms with Crippen LogP contribution < -0.4 is 0 Å². The molecule has 0 aliphatic carbocycles. The summed E-state index contributed by atoms with van der Waals surface area (Å²) in [5, 5.41) is 2.21. The number of hydrogen-bond acceptors (Lipinski definition) is 2. The summed E-state index contributed by atoms with van der Waals surface area (Å²) in [7, 11) is 0. The summed E-state index contributed by atoms with van der Waals surface area (Å²) in [5.74, 6) is 0.656. The molecule has 0 amide bonds. The number of fused-ring (bicyclic) bond motifs is 3. The molecule has 0 aliphatic heterocycles. The van der Waals surface area contributed by atoms with Crippen LogP contribution in [-0.2, 0) is 0 Å². The smallest absolute Gasteiger partial charge is 0.227 e. The average molecular weight is 324 g/mol. The molecule has 1 heterocycles. The molecule has 0 N–H and O–H groups in total. The SMILES string of the molecule is Brc1cc2nc(-c3ccccc3)oc2c2ccccc12. The first-order valence-electron chi connectivity index (χ1n) is 6.36. The molecule has 0 saturated heterocycles. The van der Waals surface area contributed by atoms with Crippen molar-refractivity contribution in [3.63, 3.8) is 0 Å². The van der Waals surface area contributed by atoms with Gasteiger partial charge in [0.15, 0.2) is 5.58 Å². The summed E-state index contributed by atoms with van der Waals surface area (Å²) >= 11 is 3.60. The Labute approximate surface area is 124 Å². The van der Waals surface area contributed by atoms with Gasteiger partial charge in [-0.25, -0.2) is 4.98 Å². The van der Waals surface area contributed by atoms with Crippen molar-refractivity contribution in [2.75, 3.05) is 0 Å². The van der Waals surface area contributed by atoms with Crippen molar-refractivity contribution in [2.45, 2.75) is 0 Å². The van der Waals surface area contributed by atoms with Crippen molar-refractivity contribution in [1.29, 1.82) is 0 Å². The molecule has 0 atom stereocenters. The van der Waals surface area contributed by atoms with Gasteiger partial charge in [0, 0.05) is 15.4 Å². The first kappa shape index (κ1) is 11.7. The topological polar surface area (TPSA) is 26.0 Å². The van der Waals surface area contributed by atoms with Crippen LogP contribution in [-0.4, -0.2) is 4.98 Å². The van der Waals surface area contributed by atoms with E-state index in [-0.39, 0.29) is 0 Å². The van der Waals surface area contributed by atoms with E-state index in [1.54, 1.807) is 0 Å². The second-order valence-electron chi connectivity index (χ2n) is 4.64. The quantitative estimate of drug-likeness (QED) is 0.468. The lowest BCUT2D eigenvalue weighted by molar-refractivity contribution is 0.623. The Morgan fingerprint density at radius 2 is 1.55 bits per heavy atom. The number of nitrogens with zero attached hydrogens (tertiary/aromatic N) is 1. The molecule has 0 fully saturated rings. The third kappa shape index (κ3) is 1.74. The van der Waals surface area contributed by atoms with Gasteiger partial charge >= 0.3 is 0 Å². The van der Waals surface area contributed by atoms with E-state index >= 15 is 0 Å². The number of hydrogen-bond donors (Lipinski definition) is 0. The van der Waals surface area contributed by atoms with E-state index in [2.05, 4.69) is 33.0 Å². The summed E-state index contributed by atoms with van der Waals surface area (Å²) in [5.41, 5.74) is 2.70. The normalized spacial score (nSPS) is 11.2. The fourth-order valence-electron chi connectivity index (χ4n) is 2.41. The lowest BCUT2D eigenvalue weighted by Gasteiger charge is -1.99. The van der Waals surface area contributed by atoms with Gasteiger partial charge in [0.25, 0.3) is 0 Å². The maximum atomic E-state index is 5.99. The van der Waals surface area contributed by atoms with Crippen molar-refractivity contribution < 1.29 is 4.42 Å². The van der Waals surface area contributed by atoms with Crippen molar-refractivity contribution >= 4 is 37.8 Å². The van der Waals surface area contributed by atoms with Crippen molar-refractivity contribution in [3.8, 4) is 11.5 Å². The summed E-state index contributed by atoms with van der Waals surface area (Å²) in [6.07, 6.45) is 0. The third-order valence-electron chi connectivity index (χ3n) is 3.37. The lowest BCUT2D eigenvalue weighted by atomic mass is 10.1. The number of benzene rings is 3. The maximum Gasteiger partial charge on any atom is 0.227 e. The molecule has 0 spiro atoms. The number of rotatable bonds is 1. The molecular weight excluding hydrogens is 314 g/mol. The molecular formula is C17H10BrNO. The van der Waals surface area contributed by atoms with Crippen LogP contribution in [0.25, 0.3) is 33.3 Å². The highest BCUT2D eigenvalue weighted by Crippen LogP contribution is 2.34. The van der Waals surface area contributed by atoms with Crippen molar-refractivity contribution in [3.05, 3.63) is 65.1 Å². The maximum absolute atomic E-state index is 5.99. The number of oxazole rings is 1. The Balaban J connectivity index is 2.07. The minimum atomic E-state index is 0.656. The van der Waals surface area contributed by atoms with Gasteiger partial charge in [0.05, 0.1) is 0 Å². The van der Waals surface area contributed by atoms with Crippen LogP contribution in [0, 0.1) is 0 Å². The van der Waals surface area contributed by atoms with E-state index in [0.29, 0.717) is 5.89 Å². The molecule has 3 heteroatoms. The molecule has 3 aromatic carbocycles. The lowest BCUT2D eigenvalue weighted by Crippen LogP contribution is -1.76. The fraction of sp³-hybridized carbons (Fsp3) is 0. The highest BCUT2D eigenvalue weighted by atomic mass is 79.9. The van der Waals surface area contributed by atoms with Crippen LogP contribution in [0.3, 0.4) is 0 Å². The Morgan fingerprint density at radius 1 is 0.850 bits per heavy atom. The summed E-state index contributed by atoms with van der Waals surface area (Å²) in [4.78, 5) is 4.60. The molecule has 20 heavy (non-hydrogen) atoms. The molecule has 0 saturated carbocycles. The zero-order valence-corrected chi connectivity index (χ0v) is 12.1. The Bertz CT molecular complexity index is 912. The van der Waals surface area contributed by atoms with Gasteiger partial charge in [-0.3, -0.25) is 0 Å². The van der Waals surface area contributed by atoms with Crippen LogP contribution in [0.2, 0.25) is 0 Å². The van der Waals surface area contributed by atoms with Gasteiger partial charge in [-0.2, -0.15) is 0 Å². The van der Waals surface area contributed by atoms with Gasteiger partial charge in [-0.05, 0) is 23.6 Å². The first-order valence-corrected chi connectivity index (χ1v) is 7.15. The zero-order valence-electron chi connectivity index (χ0n) is 10.5. The van der Waals surface area contributed by atoms with Gasteiger partial charge in [0.1, 0.15) is 5.52 Å². The standard InChI is InChI=1S/C17H10BrNO/c18-14-10-15-16(13-9-5-4-8-12(13)14)20-17(19-15)11-6-2-1-3-7-11/h1-10H. The van der Waals surface area contributed by atoms with Crippen LogP contribution in [0.4, 0.5) is 0 Å². The van der Waals surface area contributed by atoms with E-state index in [0.717, 1.165) is 31.9 Å². The predicted molar refractivity (Wildman–Crippen MR) is 84.7 cm³/mol. The van der Waals surface area contributed by atoms with E-state index in [1.807, 2.05) is 48.5 Å². The van der Waals surface area contributed by atoms with Crippen LogP contribution >= 0.6 is 15.9 Å². The largest absolute Gasteiger partial charge is 0.435 e. The molecule has 4 aromatic rings. The zero-order chi connectivity index (χ0) is 13.5. The molecule has 0 aliphatic rings. The second-order valence-corrected chi connectivity index (χ2v) is 5.49. The minimum absolute atomic E-state index is 0.656. The number of halogens is 1. The molecule has 1 aromatic heterocycles. The Morgan fingerprint density at radius 3 is 2.35 bits per heavy atom. The summed E-state index contributed by atoms with van der Waals surface area (Å²) < 4.78 is 7.03. The fourth-order valence-corrected chi connectivity index (χ4v) is 2.98. The molecule has 96 valence electrons. The van der Waals surface area contributed by atoms with Crippen LogP contribution in [0.15, 0.2) is 69.6 Å². The molecule has 0 unspecified atom stereocenters. The van der Waals surface area contributed by atoms with E-state index in [4.69, 9.17) is 4.42 Å². The highest BCUT2D eigenvalue weighted by Gasteiger charge is 2.12. The van der Waals surface area contributed by atoms with Crippen LogP contribution in [0.5, 0.6) is 0 Å². The van der Waals surface area contributed by atoms with Gasteiger partial charge in [0.2, 0.25) is 5.89 Å². The first-order chi connectivity index (χ1) is 9.83.